The molecular formula is C31H48O6. The summed E-state index contributed by atoms with van der Waals surface area (Å²) in [5.74, 6) is -0.793. The lowest BCUT2D eigenvalue weighted by Crippen LogP contribution is -2.18. The zero-order chi connectivity index (χ0) is 28.1. The normalized spacial score (nSPS) is 10.5. The molecule has 6 heteroatoms. The monoisotopic (exact) mass is 516 g/mol. The van der Waals surface area contributed by atoms with E-state index in [4.69, 9.17) is 10.2 Å². The molecule has 0 radical (unpaired) electrons. The molecule has 0 unspecified atom stereocenters. The lowest BCUT2D eigenvalue weighted by Gasteiger charge is -2.26. The average Bonchev–Trinajstić information content (AvgIpc) is 2.85. The fourth-order valence-corrected chi connectivity index (χ4v) is 3.68. The summed E-state index contributed by atoms with van der Waals surface area (Å²) in [6, 6.07) is 14.4. The van der Waals surface area contributed by atoms with Crippen LogP contribution in [0, 0.1) is 0 Å². The largest absolute Gasteiger partial charge is 0.508 e. The molecule has 2 aromatic carbocycles. The Balaban J connectivity index is 0.000000564. The summed E-state index contributed by atoms with van der Waals surface area (Å²) in [4.78, 5) is 20.1. The van der Waals surface area contributed by atoms with E-state index >= 15 is 0 Å². The summed E-state index contributed by atoms with van der Waals surface area (Å²) in [5, 5.41) is 35.1. The van der Waals surface area contributed by atoms with E-state index in [1.165, 1.54) is 38.5 Å². The number of aliphatic carboxylic acids is 2. The Morgan fingerprint density at radius 2 is 0.865 bits per heavy atom. The van der Waals surface area contributed by atoms with Crippen molar-refractivity contribution in [3.63, 3.8) is 0 Å². The molecule has 0 heterocycles. The summed E-state index contributed by atoms with van der Waals surface area (Å²) in [5.41, 5.74) is 2.10. The van der Waals surface area contributed by atoms with Crippen molar-refractivity contribution in [1.82, 2.24) is 0 Å². The highest BCUT2D eigenvalue weighted by Gasteiger charge is 2.22. The molecule has 2 aromatic rings. The quantitative estimate of drug-likeness (QED) is 0.188. The molecule has 208 valence electrons. The van der Waals surface area contributed by atoms with Gasteiger partial charge in [-0.15, -0.1) is 0 Å². The van der Waals surface area contributed by atoms with Gasteiger partial charge in [0, 0.05) is 18.3 Å². The van der Waals surface area contributed by atoms with Gasteiger partial charge in [0.05, 0.1) is 0 Å². The maximum atomic E-state index is 10.0. The number of hydrogen-bond donors (Lipinski definition) is 4. The van der Waals surface area contributed by atoms with Crippen LogP contribution in [-0.2, 0) is 15.0 Å². The van der Waals surface area contributed by atoms with Gasteiger partial charge >= 0.3 is 11.9 Å². The first-order valence-electron chi connectivity index (χ1n) is 13.6. The van der Waals surface area contributed by atoms with E-state index in [0.29, 0.717) is 12.8 Å². The van der Waals surface area contributed by atoms with Crippen LogP contribution in [0.5, 0.6) is 11.5 Å². The smallest absolute Gasteiger partial charge is 0.303 e. The van der Waals surface area contributed by atoms with E-state index in [0.717, 1.165) is 36.8 Å². The summed E-state index contributed by atoms with van der Waals surface area (Å²) < 4.78 is 0. The summed E-state index contributed by atoms with van der Waals surface area (Å²) in [6.07, 6.45) is 11.8. The number of carboxylic acid groups (broad SMARTS) is 2. The Labute approximate surface area is 223 Å². The highest BCUT2D eigenvalue weighted by molar-refractivity contribution is 5.66. The maximum Gasteiger partial charge on any atom is 0.303 e. The second-order valence-electron chi connectivity index (χ2n) is 9.83. The number of rotatable bonds is 14. The Hall–Kier alpha value is -3.02. The molecule has 0 spiro atoms. The van der Waals surface area contributed by atoms with E-state index in [9.17, 15) is 19.8 Å². The van der Waals surface area contributed by atoms with Gasteiger partial charge < -0.3 is 20.4 Å². The molecule has 0 aliphatic heterocycles. The van der Waals surface area contributed by atoms with Crippen LogP contribution < -0.4 is 0 Å². The molecule has 2 rings (SSSR count). The van der Waals surface area contributed by atoms with Gasteiger partial charge in [-0.05, 0) is 48.2 Å². The van der Waals surface area contributed by atoms with Crippen LogP contribution in [0.15, 0.2) is 48.5 Å². The first-order valence-corrected chi connectivity index (χ1v) is 13.6. The van der Waals surface area contributed by atoms with Gasteiger partial charge in [-0.25, -0.2) is 0 Å². The molecule has 4 N–H and O–H groups in total. The van der Waals surface area contributed by atoms with Crippen molar-refractivity contribution in [3.8, 4) is 11.5 Å². The maximum absolute atomic E-state index is 10.0. The minimum atomic E-state index is -0.670. The molecule has 0 aliphatic rings. The third-order valence-electron chi connectivity index (χ3n) is 6.17. The van der Waals surface area contributed by atoms with Crippen LogP contribution in [0.1, 0.15) is 116 Å². The molecule has 0 aromatic heterocycles. The van der Waals surface area contributed by atoms with Gasteiger partial charge in [-0.3, -0.25) is 9.59 Å². The van der Waals surface area contributed by atoms with Crippen LogP contribution in [-0.4, -0.2) is 32.4 Å². The SMILES string of the molecule is CC(C)(c1ccc(O)cc1)c1ccc(O)cc1.CCCCCCCC(=O)O.CCCCCCCC(=O)O. The molecule has 0 amide bonds. The highest BCUT2D eigenvalue weighted by atomic mass is 16.4. The van der Waals surface area contributed by atoms with Crippen molar-refractivity contribution >= 4 is 11.9 Å². The van der Waals surface area contributed by atoms with Crippen molar-refractivity contribution < 1.29 is 30.0 Å². The first kappa shape index (κ1) is 34.0. The Morgan fingerprint density at radius 3 is 1.14 bits per heavy atom. The molecule has 0 saturated carbocycles. The summed E-state index contributed by atoms with van der Waals surface area (Å²) in [7, 11) is 0. The molecule has 0 fully saturated rings. The van der Waals surface area contributed by atoms with Crippen LogP contribution in [0.2, 0.25) is 0 Å². The molecular weight excluding hydrogens is 468 g/mol. The highest BCUT2D eigenvalue weighted by Crippen LogP contribution is 2.32. The van der Waals surface area contributed by atoms with E-state index in [2.05, 4.69) is 27.7 Å². The molecule has 0 atom stereocenters. The molecule has 0 bridgehead atoms. The topological polar surface area (TPSA) is 115 Å². The zero-order valence-corrected chi connectivity index (χ0v) is 23.2. The van der Waals surface area contributed by atoms with Crippen LogP contribution in [0.25, 0.3) is 0 Å². The molecule has 0 aliphatic carbocycles. The van der Waals surface area contributed by atoms with Gasteiger partial charge in [0.1, 0.15) is 11.5 Å². The van der Waals surface area contributed by atoms with E-state index in [1.807, 2.05) is 24.3 Å². The summed E-state index contributed by atoms with van der Waals surface area (Å²) in [6.45, 7) is 8.53. The van der Waals surface area contributed by atoms with E-state index in [1.54, 1.807) is 24.3 Å². The van der Waals surface area contributed by atoms with Gasteiger partial charge in [-0.1, -0.05) is 103 Å². The minimum Gasteiger partial charge on any atom is -0.508 e. The summed E-state index contributed by atoms with van der Waals surface area (Å²) >= 11 is 0. The molecule has 6 nitrogen and oxygen atoms in total. The van der Waals surface area contributed by atoms with Crippen LogP contribution in [0.4, 0.5) is 0 Å². The predicted octanol–water partition coefficient (Wildman–Crippen LogP) is 8.29. The average molecular weight is 517 g/mol. The van der Waals surface area contributed by atoms with Crippen LogP contribution >= 0.6 is 0 Å². The number of aromatic hydroxyl groups is 2. The number of carboxylic acids is 2. The van der Waals surface area contributed by atoms with Crippen molar-refractivity contribution in [2.24, 2.45) is 0 Å². The van der Waals surface area contributed by atoms with Gasteiger partial charge in [0.25, 0.3) is 0 Å². The molecule has 37 heavy (non-hydrogen) atoms. The van der Waals surface area contributed by atoms with Crippen molar-refractivity contribution in [1.29, 1.82) is 0 Å². The standard InChI is InChI=1S/C15H16O2.2C8H16O2/c1-15(2,11-3-7-13(16)8-4-11)12-5-9-14(17)10-6-12;2*1-2-3-4-5-6-7-8(9)10/h3-10,16-17H,1-2H3;2*2-7H2,1H3,(H,9,10). The third kappa shape index (κ3) is 17.1. The number of phenolic OH excluding ortho intramolecular Hbond substituents is 2. The number of carbonyl (C=O) groups is 2. The van der Waals surface area contributed by atoms with Crippen molar-refractivity contribution in [3.05, 3.63) is 59.7 Å². The van der Waals surface area contributed by atoms with Crippen molar-refractivity contribution in [2.75, 3.05) is 0 Å². The zero-order valence-electron chi connectivity index (χ0n) is 23.2. The fourth-order valence-electron chi connectivity index (χ4n) is 3.68. The number of benzene rings is 2. The van der Waals surface area contributed by atoms with Gasteiger partial charge in [0.15, 0.2) is 0 Å². The second kappa shape index (κ2) is 20.1. The lowest BCUT2D eigenvalue weighted by molar-refractivity contribution is -0.138. The van der Waals surface area contributed by atoms with Gasteiger partial charge in [-0.2, -0.15) is 0 Å². The lowest BCUT2D eigenvalue weighted by atomic mass is 9.78. The Kier molecular flexibility index (Phi) is 18.4. The second-order valence-corrected chi connectivity index (χ2v) is 9.83. The Morgan fingerprint density at radius 1 is 0.568 bits per heavy atom. The van der Waals surface area contributed by atoms with E-state index in [-0.39, 0.29) is 16.9 Å². The third-order valence-corrected chi connectivity index (χ3v) is 6.17. The van der Waals surface area contributed by atoms with Crippen LogP contribution in [0.3, 0.4) is 0 Å². The number of hydrogen-bond acceptors (Lipinski definition) is 4. The number of unbranched alkanes of at least 4 members (excludes halogenated alkanes) is 8. The Bertz CT molecular complexity index is 785. The first-order chi connectivity index (χ1) is 17.5. The van der Waals surface area contributed by atoms with Gasteiger partial charge in [0.2, 0.25) is 0 Å². The minimum absolute atomic E-state index is 0.151. The molecule has 0 saturated heterocycles. The van der Waals surface area contributed by atoms with Crippen molar-refractivity contribution in [2.45, 2.75) is 110 Å². The van der Waals surface area contributed by atoms with E-state index < -0.39 is 11.9 Å². The fraction of sp³-hybridized carbons (Fsp3) is 0.548. The predicted molar refractivity (Wildman–Crippen MR) is 150 cm³/mol. The number of phenols is 2.